The number of phenolic OH excluding ortho intramolecular Hbond substituents is 1. The Bertz CT molecular complexity index is 746. The molecule has 3 rings (SSSR count). The number of likely N-dealkylation sites (tertiary alicyclic amines) is 1. The molecule has 1 aliphatic rings. The van der Waals surface area contributed by atoms with Crippen molar-refractivity contribution in [3.8, 4) is 5.75 Å². The summed E-state index contributed by atoms with van der Waals surface area (Å²) in [6, 6.07) is 16.4. The molecule has 0 aliphatic carbocycles. The number of carbonyl (C=O) groups excluding carboxylic acids is 2. The standard InChI is InChI=1S/C20H22N2O3/c23-18-9-5-4-8-16(18)12-13-21-20(25)17-10-11-19(24)22(17)14-15-6-2-1-3-7-15/h1-9,17,23H,10-14H2,(H,21,25). The lowest BCUT2D eigenvalue weighted by Crippen LogP contribution is -2.44. The van der Waals surface area contributed by atoms with E-state index < -0.39 is 6.04 Å². The molecule has 0 saturated carbocycles. The van der Waals surface area contributed by atoms with Gasteiger partial charge in [0.15, 0.2) is 0 Å². The number of hydrogen-bond acceptors (Lipinski definition) is 3. The molecule has 1 aliphatic heterocycles. The Hall–Kier alpha value is -2.82. The molecule has 0 bridgehead atoms. The first-order valence-corrected chi connectivity index (χ1v) is 8.53. The highest BCUT2D eigenvalue weighted by atomic mass is 16.3. The third-order valence-corrected chi connectivity index (χ3v) is 4.51. The molecule has 2 N–H and O–H groups in total. The highest BCUT2D eigenvalue weighted by Gasteiger charge is 2.35. The van der Waals surface area contributed by atoms with E-state index >= 15 is 0 Å². The predicted molar refractivity (Wildman–Crippen MR) is 94.8 cm³/mol. The lowest BCUT2D eigenvalue weighted by Gasteiger charge is -2.24. The van der Waals surface area contributed by atoms with Gasteiger partial charge in [0, 0.05) is 19.5 Å². The van der Waals surface area contributed by atoms with Crippen LogP contribution >= 0.6 is 0 Å². The molecule has 2 aromatic rings. The van der Waals surface area contributed by atoms with Gasteiger partial charge in [-0.1, -0.05) is 48.5 Å². The van der Waals surface area contributed by atoms with Crippen molar-refractivity contribution in [2.45, 2.75) is 31.8 Å². The van der Waals surface area contributed by atoms with Crippen molar-refractivity contribution in [1.82, 2.24) is 10.2 Å². The lowest BCUT2D eigenvalue weighted by molar-refractivity contribution is -0.135. The zero-order valence-corrected chi connectivity index (χ0v) is 14.0. The summed E-state index contributed by atoms with van der Waals surface area (Å²) in [4.78, 5) is 26.3. The van der Waals surface area contributed by atoms with Gasteiger partial charge in [-0.2, -0.15) is 0 Å². The van der Waals surface area contributed by atoms with Crippen LogP contribution in [0.4, 0.5) is 0 Å². The van der Waals surface area contributed by atoms with Gasteiger partial charge in [0.2, 0.25) is 11.8 Å². The predicted octanol–water partition coefficient (Wildman–Crippen LogP) is 2.24. The monoisotopic (exact) mass is 338 g/mol. The van der Waals surface area contributed by atoms with Crippen LogP contribution in [-0.2, 0) is 22.6 Å². The Labute approximate surface area is 147 Å². The molecule has 5 heteroatoms. The van der Waals surface area contributed by atoms with Crippen LogP contribution < -0.4 is 5.32 Å². The van der Waals surface area contributed by atoms with Crippen LogP contribution in [0.1, 0.15) is 24.0 Å². The van der Waals surface area contributed by atoms with Crippen molar-refractivity contribution in [2.24, 2.45) is 0 Å². The van der Waals surface area contributed by atoms with Crippen molar-refractivity contribution >= 4 is 11.8 Å². The number of hydrogen-bond donors (Lipinski definition) is 2. The van der Waals surface area contributed by atoms with E-state index in [9.17, 15) is 14.7 Å². The molecule has 1 heterocycles. The largest absolute Gasteiger partial charge is 0.508 e. The number of aromatic hydroxyl groups is 1. The molecule has 0 radical (unpaired) electrons. The van der Waals surface area contributed by atoms with Crippen molar-refractivity contribution in [1.29, 1.82) is 0 Å². The molecule has 1 fully saturated rings. The first-order chi connectivity index (χ1) is 12.1. The first kappa shape index (κ1) is 17.0. The minimum absolute atomic E-state index is 0.0182. The zero-order chi connectivity index (χ0) is 17.6. The third-order valence-electron chi connectivity index (χ3n) is 4.51. The van der Waals surface area contributed by atoms with Crippen LogP contribution in [0, 0.1) is 0 Å². The quantitative estimate of drug-likeness (QED) is 0.849. The number of amides is 2. The third kappa shape index (κ3) is 4.18. The molecule has 2 amide bonds. The minimum Gasteiger partial charge on any atom is -0.508 e. The number of carbonyl (C=O) groups is 2. The molecule has 0 aromatic heterocycles. The molecule has 1 saturated heterocycles. The van der Waals surface area contributed by atoms with E-state index in [1.165, 1.54) is 0 Å². The SMILES string of the molecule is O=C(NCCc1ccccc1O)C1CCC(=O)N1Cc1ccccc1. The molecule has 2 aromatic carbocycles. The van der Waals surface area contributed by atoms with Crippen molar-refractivity contribution < 1.29 is 14.7 Å². The van der Waals surface area contributed by atoms with Gasteiger partial charge in [-0.25, -0.2) is 0 Å². The van der Waals surface area contributed by atoms with Crippen LogP contribution in [-0.4, -0.2) is 34.4 Å². The summed E-state index contributed by atoms with van der Waals surface area (Å²) in [6.07, 6.45) is 1.51. The molecule has 130 valence electrons. The van der Waals surface area contributed by atoms with Crippen LogP contribution in [0.15, 0.2) is 54.6 Å². The van der Waals surface area contributed by atoms with Gasteiger partial charge in [-0.3, -0.25) is 9.59 Å². The number of rotatable bonds is 6. The topological polar surface area (TPSA) is 69.6 Å². The van der Waals surface area contributed by atoms with Gasteiger partial charge in [0.1, 0.15) is 11.8 Å². The number of phenols is 1. The Morgan fingerprint density at radius 2 is 1.84 bits per heavy atom. The summed E-state index contributed by atoms with van der Waals surface area (Å²) in [5.74, 6) is 0.125. The highest BCUT2D eigenvalue weighted by Crippen LogP contribution is 2.22. The van der Waals surface area contributed by atoms with E-state index in [1.54, 1.807) is 17.0 Å². The van der Waals surface area contributed by atoms with Gasteiger partial charge in [0.05, 0.1) is 0 Å². The fourth-order valence-corrected chi connectivity index (χ4v) is 3.14. The van der Waals surface area contributed by atoms with Gasteiger partial charge >= 0.3 is 0 Å². The molecule has 5 nitrogen and oxygen atoms in total. The fourth-order valence-electron chi connectivity index (χ4n) is 3.14. The summed E-state index contributed by atoms with van der Waals surface area (Å²) >= 11 is 0. The maximum atomic E-state index is 12.5. The average Bonchev–Trinajstić information content (AvgIpc) is 2.98. The van der Waals surface area contributed by atoms with Crippen LogP contribution in [0.25, 0.3) is 0 Å². The normalized spacial score (nSPS) is 16.9. The Morgan fingerprint density at radius 1 is 1.12 bits per heavy atom. The molecule has 1 atom stereocenters. The summed E-state index contributed by atoms with van der Waals surface area (Å²) in [6.45, 7) is 0.886. The summed E-state index contributed by atoms with van der Waals surface area (Å²) in [5, 5.41) is 12.7. The Kier molecular flexibility index (Phi) is 5.33. The first-order valence-electron chi connectivity index (χ1n) is 8.53. The molecular formula is C20H22N2O3. The maximum absolute atomic E-state index is 12.5. The number of nitrogens with zero attached hydrogens (tertiary/aromatic N) is 1. The summed E-state index contributed by atoms with van der Waals surface area (Å²) in [7, 11) is 0. The zero-order valence-electron chi connectivity index (χ0n) is 14.0. The van der Waals surface area contributed by atoms with Crippen molar-refractivity contribution in [3.63, 3.8) is 0 Å². The summed E-state index contributed by atoms with van der Waals surface area (Å²) < 4.78 is 0. The molecular weight excluding hydrogens is 316 g/mol. The summed E-state index contributed by atoms with van der Waals surface area (Å²) in [5.41, 5.74) is 1.82. The Morgan fingerprint density at radius 3 is 2.60 bits per heavy atom. The van der Waals surface area contributed by atoms with E-state index in [1.807, 2.05) is 42.5 Å². The molecule has 0 spiro atoms. The van der Waals surface area contributed by atoms with E-state index in [0.29, 0.717) is 32.4 Å². The van der Waals surface area contributed by atoms with Crippen molar-refractivity contribution in [2.75, 3.05) is 6.54 Å². The fraction of sp³-hybridized carbons (Fsp3) is 0.300. The number of para-hydroxylation sites is 1. The average molecular weight is 338 g/mol. The second kappa shape index (κ2) is 7.83. The van der Waals surface area contributed by atoms with Gasteiger partial charge in [-0.05, 0) is 30.0 Å². The number of benzene rings is 2. The van der Waals surface area contributed by atoms with Gasteiger partial charge < -0.3 is 15.3 Å². The van der Waals surface area contributed by atoms with E-state index in [0.717, 1.165) is 11.1 Å². The number of nitrogens with one attached hydrogen (secondary N) is 1. The van der Waals surface area contributed by atoms with E-state index in [-0.39, 0.29) is 17.6 Å². The highest BCUT2D eigenvalue weighted by molar-refractivity contribution is 5.90. The maximum Gasteiger partial charge on any atom is 0.242 e. The molecule has 25 heavy (non-hydrogen) atoms. The van der Waals surface area contributed by atoms with Crippen LogP contribution in [0.3, 0.4) is 0 Å². The smallest absolute Gasteiger partial charge is 0.242 e. The minimum atomic E-state index is -0.419. The lowest BCUT2D eigenvalue weighted by atomic mass is 10.1. The van der Waals surface area contributed by atoms with E-state index in [2.05, 4.69) is 5.32 Å². The van der Waals surface area contributed by atoms with Crippen LogP contribution in [0.5, 0.6) is 5.75 Å². The van der Waals surface area contributed by atoms with E-state index in [4.69, 9.17) is 0 Å². The van der Waals surface area contributed by atoms with Crippen LogP contribution in [0.2, 0.25) is 0 Å². The second-order valence-corrected chi connectivity index (χ2v) is 6.23. The Balaban J connectivity index is 1.57. The van der Waals surface area contributed by atoms with Gasteiger partial charge in [-0.15, -0.1) is 0 Å². The van der Waals surface area contributed by atoms with Gasteiger partial charge in [0.25, 0.3) is 0 Å². The second-order valence-electron chi connectivity index (χ2n) is 6.23. The van der Waals surface area contributed by atoms with Crippen molar-refractivity contribution in [3.05, 3.63) is 65.7 Å². The molecule has 1 unspecified atom stereocenters.